The molecule has 1 spiro atoms. The molecule has 41 heavy (non-hydrogen) atoms. The Kier molecular flexibility index (Phi) is 8.60. The highest BCUT2D eigenvalue weighted by Gasteiger charge is 2.73. The predicted molar refractivity (Wildman–Crippen MR) is 149 cm³/mol. The smallest absolute Gasteiger partial charge is 0.306 e. The van der Waals surface area contributed by atoms with E-state index in [1.54, 1.807) is 24.0 Å². The minimum Gasteiger partial charge on any atom is -0.463 e. The number of fused-ring (bicyclic) bond motifs is 2. The quantitative estimate of drug-likeness (QED) is 0.399. The molecular weight excluding hydrogens is 526 g/mol. The summed E-state index contributed by atoms with van der Waals surface area (Å²) in [5.41, 5.74) is -0.560. The Balaban J connectivity index is 1.56. The number of carbonyl (C=O) groups is 4. The van der Waals surface area contributed by atoms with E-state index in [9.17, 15) is 24.3 Å². The topological polar surface area (TPSA) is 125 Å². The van der Waals surface area contributed by atoms with E-state index in [4.69, 9.17) is 9.47 Å². The fraction of sp³-hybridized carbons (Fsp3) is 0.548. The average molecular weight is 566 g/mol. The van der Waals surface area contributed by atoms with E-state index in [-0.39, 0.29) is 37.4 Å². The van der Waals surface area contributed by atoms with E-state index < -0.39 is 47.6 Å². The second-order valence-electron chi connectivity index (χ2n) is 11.3. The molecule has 1 aromatic rings. The maximum absolute atomic E-state index is 14.3. The third-order valence-corrected chi connectivity index (χ3v) is 8.62. The Morgan fingerprint density at radius 2 is 1.90 bits per heavy atom. The van der Waals surface area contributed by atoms with Crippen molar-refractivity contribution in [3.63, 3.8) is 0 Å². The van der Waals surface area contributed by atoms with Crippen LogP contribution in [-0.4, -0.2) is 88.7 Å². The number of likely N-dealkylation sites (tertiary alicyclic amines) is 1. The van der Waals surface area contributed by atoms with E-state index in [2.05, 4.69) is 5.32 Å². The Morgan fingerprint density at radius 1 is 1.12 bits per heavy atom. The molecule has 10 heteroatoms. The molecule has 0 aromatic heterocycles. The predicted octanol–water partition coefficient (Wildman–Crippen LogP) is 1.90. The van der Waals surface area contributed by atoms with E-state index in [0.29, 0.717) is 19.5 Å². The molecule has 4 heterocycles. The summed E-state index contributed by atoms with van der Waals surface area (Å²) in [6, 6.07) is 6.91. The summed E-state index contributed by atoms with van der Waals surface area (Å²) in [5, 5.41) is 13.1. The van der Waals surface area contributed by atoms with Gasteiger partial charge in [0.25, 0.3) is 0 Å². The first-order valence-corrected chi connectivity index (χ1v) is 14.6. The van der Waals surface area contributed by atoms with Gasteiger partial charge in [-0.15, -0.1) is 0 Å². The Bertz CT molecular complexity index is 1220. The zero-order valence-electron chi connectivity index (χ0n) is 23.6. The fourth-order valence-corrected chi connectivity index (χ4v) is 6.51. The van der Waals surface area contributed by atoms with Crippen molar-refractivity contribution in [1.29, 1.82) is 0 Å². The highest BCUT2D eigenvalue weighted by atomic mass is 16.5. The summed E-state index contributed by atoms with van der Waals surface area (Å²) >= 11 is 0. The number of amides is 3. The Hall–Kier alpha value is -3.50. The van der Waals surface area contributed by atoms with Crippen LogP contribution in [-0.2, 0) is 28.7 Å². The summed E-state index contributed by atoms with van der Waals surface area (Å²) in [6.45, 7) is 4.12. The highest BCUT2D eigenvalue weighted by Crippen LogP contribution is 2.55. The van der Waals surface area contributed by atoms with Gasteiger partial charge in [-0.05, 0) is 25.3 Å². The molecule has 0 saturated carbocycles. The van der Waals surface area contributed by atoms with Gasteiger partial charge in [-0.3, -0.25) is 19.2 Å². The molecule has 4 aliphatic rings. The molecule has 10 nitrogen and oxygen atoms in total. The lowest BCUT2D eigenvalue weighted by Gasteiger charge is -2.37. The van der Waals surface area contributed by atoms with Gasteiger partial charge in [0.15, 0.2) is 0 Å². The number of allylic oxidation sites excluding steroid dienone is 1. The van der Waals surface area contributed by atoms with Crippen LogP contribution in [0.25, 0.3) is 0 Å². The van der Waals surface area contributed by atoms with Gasteiger partial charge in [0.05, 0.1) is 36.6 Å². The number of esters is 1. The van der Waals surface area contributed by atoms with Crippen molar-refractivity contribution in [2.45, 2.75) is 69.4 Å². The Labute approximate surface area is 240 Å². The number of unbranched alkanes of at least 4 members (excludes halogenated alkanes) is 1. The van der Waals surface area contributed by atoms with Crippen LogP contribution in [0, 0.1) is 11.8 Å². The van der Waals surface area contributed by atoms with Gasteiger partial charge in [-0.1, -0.05) is 68.0 Å². The van der Waals surface area contributed by atoms with Crippen LogP contribution in [0.2, 0.25) is 0 Å². The molecule has 2 N–H and O–H groups in total. The van der Waals surface area contributed by atoms with Gasteiger partial charge in [0, 0.05) is 19.5 Å². The van der Waals surface area contributed by atoms with E-state index in [0.717, 1.165) is 18.4 Å². The van der Waals surface area contributed by atoms with Gasteiger partial charge < -0.3 is 29.7 Å². The zero-order chi connectivity index (χ0) is 29.1. The summed E-state index contributed by atoms with van der Waals surface area (Å²) in [5.74, 6) is -3.29. The number of rotatable bonds is 6. The van der Waals surface area contributed by atoms with E-state index in [1.165, 1.54) is 4.90 Å². The number of nitrogens with one attached hydrogen (secondary N) is 1. The second kappa shape index (κ2) is 12.2. The van der Waals surface area contributed by atoms with Gasteiger partial charge in [0.1, 0.15) is 18.2 Å². The van der Waals surface area contributed by atoms with E-state index in [1.807, 2.05) is 49.4 Å². The minimum absolute atomic E-state index is 0.0598. The lowest BCUT2D eigenvalue weighted by molar-refractivity contribution is -0.150. The SMILES string of the molecule is CCCCN1C/C=C\CCC(=O)OC[C@@H](c2ccccc2)NC(=O)[C@@H]2[C@@H]3C=C[C@]4(O3)[C@H](C1=O)N([C@H](C)CO)C(=O)[C@@H]24. The largest absolute Gasteiger partial charge is 0.463 e. The van der Waals surface area contributed by atoms with Crippen LogP contribution >= 0.6 is 0 Å². The number of ether oxygens (including phenoxy) is 2. The minimum atomic E-state index is -1.32. The van der Waals surface area contributed by atoms with Gasteiger partial charge in [-0.25, -0.2) is 0 Å². The molecule has 0 radical (unpaired) electrons. The number of benzene rings is 1. The summed E-state index contributed by atoms with van der Waals surface area (Å²) in [7, 11) is 0. The number of carbonyl (C=O) groups excluding carboxylic acids is 4. The van der Waals surface area contributed by atoms with Crippen molar-refractivity contribution in [3.05, 3.63) is 60.2 Å². The molecule has 2 fully saturated rings. The molecule has 5 rings (SSSR count). The lowest BCUT2D eigenvalue weighted by Crippen LogP contribution is -2.58. The first kappa shape index (κ1) is 29.0. The number of hydrogen-bond acceptors (Lipinski definition) is 7. The second-order valence-corrected chi connectivity index (χ2v) is 11.3. The van der Waals surface area contributed by atoms with Crippen molar-refractivity contribution < 1.29 is 33.8 Å². The number of cyclic esters (lactones) is 1. The van der Waals surface area contributed by atoms with Gasteiger partial charge in [0.2, 0.25) is 17.7 Å². The monoisotopic (exact) mass is 565 g/mol. The molecule has 5 bridgehead atoms. The highest BCUT2D eigenvalue weighted by molar-refractivity contribution is 6.00. The van der Waals surface area contributed by atoms with Crippen LogP contribution in [0.15, 0.2) is 54.6 Å². The first-order valence-electron chi connectivity index (χ1n) is 14.6. The number of nitrogens with zero attached hydrogens (tertiary/aromatic N) is 2. The average Bonchev–Trinajstić information content (AvgIpc) is 3.63. The Morgan fingerprint density at radius 3 is 2.63 bits per heavy atom. The van der Waals surface area contributed by atoms with Crippen LogP contribution in [0.3, 0.4) is 0 Å². The molecule has 1 aromatic carbocycles. The molecule has 7 atom stereocenters. The number of hydrogen-bond donors (Lipinski definition) is 2. The first-order chi connectivity index (χ1) is 19.8. The standard InChI is InChI=1S/C31H39N3O7/c1-3-4-16-33-17-10-6-9-13-24(36)40-19-22(21-11-7-5-8-12-21)32-28(37)25-23-14-15-31(41-23)26(25)29(38)34(20(2)18-35)27(31)30(33)39/h5-8,10-12,14-15,20,22-23,25-27,35H,3-4,9,13,16-19H2,1-2H3,(H,32,37)/b10-6-/t20-,22+,23+,25-,26-,27+,31-/m1/s1. The molecule has 220 valence electrons. The van der Waals surface area contributed by atoms with Crippen molar-refractivity contribution in [2.75, 3.05) is 26.3 Å². The fourth-order valence-electron chi connectivity index (χ4n) is 6.51. The van der Waals surface area contributed by atoms with Crippen LogP contribution in [0.1, 0.15) is 51.1 Å². The van der Waals surface area contributed by atoms with Crippen molar-refractivity contribution in [3.8, 4) is 0 Å². The molecule has 3 amide bonds. The van der Waals surface area contributed by atoms with Crippen molar-refractivity contribution in [1.82, 2.24) is 15.1 Å². The lowest BCUT2D eigenvalue weighted by atomic mass is 9.74. The zero-order valence-corrected chi connectivity index (χ0v) is 23.6. The maximum Gasteiger partial charge on any atom is 0.306 e. The molecule has 0 aliphatic carbocycles. The molecule has 0 unspecified atom stereocenters. The van der Waals surface area contributed by atoms with Gasteiger partial charge in [-0.2, -0.15) is 0 Å². The summed E-state index contributed by atoms with van der Waals surface area (Å²) in [4.78, 5) is 58.0. The third-order valence-electron chi connectivity index (χ3n) is 8.62. The normalized spacial score (nSPS) is 33.5. The molecular formula is C31H39N3O7. The van der Waals surface area contributed by atoms with Crippen molar-refractivity contribution >= 4 is 23.7 Å². The molecule has 4 aliphatic heterocycles. The summed E-state index contributed by atoms with van der Waals surface area (Å²) < 4.78 is 12.0. The maximum atomic E-state index is 14.3. The number of aliphatic hydroxyl groups is 1. The molecule has 2 saturated heterocycles. The summed E-state index contributed by atoms with van der Waals surface area (Å²) in [6.07, 6.45) is 8.81. The number of aliphatic hydroxyl groups excluding tert-OH is 1. The van der Waals surface area contributed by atoms with Crippen LogP contribution < -0.4 is 5.32 Å². The van der Waals surface area contributed by atoms with E-state index >= 15 is 0 Å². The third kappa shape index (κ3) is 5.30. The van der Waals surface area contributed by atoms with Crippen LogP contribution in [0.5, 0.6) is 0 Å². The van der Waals surface area contributed by atoms with Gasteiger partial charge >= 0.3 is 5.97 Å². The van der Waals surface area contributed by atoms with Crippen molar-refractivity contribution in [2.24, 2.45) is 11.8 Å². The van der Waals surface area contributed by atoms with Crippen LogP contribution in [0.4, 0.5) is 0 Å².